The average Bonchev–Trinajstić information content (AvgIpc) is 2.76. The molecule has 0 saturated heterocycles. The van der Waals surface area contributed by atoms with Gasteiger partial charge in [0.05, 0.1) is 0 Å². The summed E-state index contributed by atoms with van der Waals surface area (Å²) in [5.74, 6) is 1.03. The van der Waals surface area contributed by atoms with Crippen molar-refractivity contribution in [2.45, 2.75) is 45.4 Å². The number of halogens is 1. The van der Waals surface area contributed by atoms with Gasteiger partial charge in [-0.1, -0.05) is 31.4 Å². The first-order valence-electron chi connectivity index (χ1n) is 10.7. The Labute approximate surface area is 197 Å². The van der Waals surface area contributed by atoms with Crippen molar-refractivity contribution in [2.75, 3.05) is 33.2 Å². The van der Waals surface area contributed by atoms with Gasteiger partial charge in [-0.2, -0.15) is 0 Å². The van der Waals surface area contributed by atoms with Crippen LogP contribution < -0.4 is 21.3 Å². The predicted octanol–water partition coefficient (Wildman–Crippen LogP) is 2.46. The molecule has 0 atom stereocenters. The van der Waals surface area contributed by atoms with Crippen LogP contribution in [-0.2, 0) is 11.2 Å². The standard InChI is InChI=1S/C22H35N5O2.HI/c1-3-24-22(27-15-14-25-21(29)18-9-5-4-6-10-18)26-13-12-17-8-7-11-19(16-17)20(28)23-2;/h7-8,11,16,18H,3-6,9-10,12-15H2,1-2H3,(H,23,28)(H,25,29)(H2,24,26,27);1H. The second-order valence-corrected chi connectivity index (χ2v) is 7.34. The zero-order chi connectivity index (χ0) is 20.9. The van der Waals surface area contributed by atoms with Gasteiger partial charge in [-0.15, -0.1) is 24.0 Å². The van der Waals surface area contributed by atoms with Crippen molar-refractivity contribution in [1.82, 2.24) is 21.3 Å². The number of benzene rings is 1. The highest BCUT2D eigenvalue weighted by atomic mass is 127. The van der Waals surface area contributed by atoms with Crippen LogP contribution in [0.4, 0.5) is 0 Å². The van der Waals surface area contributed by atoms with Gasteiger partial charge >= 0.3 is 0 Å². The van der Waals surface area contributed by atoms with Crippen molar-refractivity contribution in [3.63, 3.8) is 0 Å². The van der Waals surface area contributed by atoms with Crippen LogP contribution in [0.15, 0.2) is 29.3 Å². The van der Waals surface area contributed by atoms with E-state index in [4.69, 9.17) is 0 Å². The largest absolute Gasteiger partial charge is 0.357 e. The molecule has 1 saturated carbocycles. The van der Waals surface area contributed by atoms with E-state index in [0.717, 1.165) is 37.3 Å². The molecule has 0 aromatic heterocycles. The molecule has 2 rings (SSSR count). The summed E-state index contributed by atoms with van der Waals surface area (Å²) in [7, 11) is 1.63. The van der Waals surface area contributed by atoms with Gasteiger partial charge in [0.1, 0.15) is 0 Å². The van der Waals surface area contributed by atoms with Crippen LogP contribution in [0.2, 0.25) is 0 Å². The molecule has 8 heteroatoms. The zero-order valence-corrected chi connectivity index (χ0v) is 20.5. The minimum Gasteiger partial charge on any atom is -0.357 e. The zero-order valence-electron chi connectivity index (χ0n) is 18.1. The summed E-state index contributed by atoms with van der Waals surface area (Å²) in [5.41, 5.74) is 1.73. The molecule has 0 spiro atoms. The number of nitrogens with zero attached hydrogens (tertiary/aromatic N) is 1. The number of amides is 2. The molecule has 0 aliphatic heterocycles. The minimum atomic E-state index is -0.0827. The van der Waals surface area contributed by atoms with E-state index < -0.39 is 0 Å². The molecule has 30 heavy (non-hydrogen) atoms. The molecular weight excluding hydrogens is 493 g/mol. The highest BCUT2D eigenvalue weighted by Gasteiger charge is 2.20. The number of rotatable bonds is 9. The Hall–Kier alpha value is -1.84. The highest BCUT2D eigenvalue weighted by molar-refractivity contribution is 14.0. The van der Waals surface area contributed by atoms with Crippen LogP contribution in [0, 0.1) is 5.92 Å². The minimum absolute atomic E-state index is 0. The Morgan fingerprint density at radius 1 is 1.07 bits per heavy atom. The van der Waals surface area contributed by atoms with E-state index in [-0.39, 0.29) is 41.7 Å². The molecule has 0 bridgehead atoms. The van der Waals surface area contributed by atoms with Crippen LogP contribution in [0.5, 0.6) is 0 Å². The van der Waals surface area contributed by atoms with Gasteiger partial charge in [-0.05, 0) is 43.9 Å². The molecule has 1 aliphatic rings. The lowest BCUT2D eigenvalue weighted by molar-refractivity contribution is -0.125. The van der Waals surface area contributed by atoms with E-state index in [0.29, 0.717) is 25.2 Å². The summed E-state index contributed by atoms with van der Waals surface area (Å²) >= 11 is 0. The van der Waals surface area contributed by atoms with Crippen molar-refractivity contribution in [3.05, 3.63) is 35.4 Å². The molecule has 1 fully saturated rings. The number of carbonyl (C=O) groups is 2. The summed E-state index contributed by atoms with van der Waals surface area (Å²) in [4.78, 5) is 28.5. The first kappa shape index (κ1) is 26.2. The quantitative estimate of drug-likeness (QED) is 0.171. The molecule has 1 aromatic rings. The van der Waals surface area contributed by atoms with Crippen LogP contribution in [-0.4, -0.2) is 51.0 Å². The Morgan fingerprint density at radius 2 is 1.80 bits per heavy atom. The molecular formula is C22H36IN5O2. The lowest BCUT2D eigenvalue weighted by atomic mass is 9.89. The second kappa shape index (κ2) is 15.0. The Balaban J connectivity index is 0.00000450. The molecule has 1 aliphatic carbocycles. The fraction of sp³-hybridized carbons (Fsp3) is 0.591. The summed E-state index contributed by atoms with van der Waals surface area (Å²) in [5, 5.41) is 12.2. The molecule has 0 radical (unpaired) electrons. The van der Waals surface area contributed by atoms with E-state index in [1.54, 1.807) is 13.1 Å². The van der Waals surface area contributed by atoms with Crippen molar-refractivity contribution in [2.24, 2.45) is 10.9 Å². The Bertz CT molecular complexity index is 690. The third-order valence-corrected chi connectivity index (χ3v) is 5.12. The van der Waals surface area contributed by atoms with Gasteiger partial charge in [-0.25, -0.2) is 0 Å². The summed E-state index contributed by atoms with van der Waals surface area (Å²) in [6, 6.07) is 7.60. The molecule has 0 heterocycles. The first-order chi connectivity index (χ1) is 14.1. The summed E-state index contributed by atoms with van der Waals surface area (Å²) in [6.07, 6.45) is 6.37. The summed E-state index contributed by atoms with van der Waals surface area (Å²) < 4.78 is 0. The van der Waals surface area contributed by atoms with Gasteiger partial charge in [-0.3, -0.25) is 14.6 Å². The van der Waals surface area contributed by atoms with E-state index in [1.807, 2.05) is 25.1 Å². The maximum atomic E-state index is 12.2. The lowest BCUT2D eigenvalue weighted by Gasteiger charge is -2.21. The van der Waals surface area contributed by atoms with Gasteiger partial charge in [0.15, 0.2) is 5.96 Å². The number of guanidine groups is 1. The maximum absolute atomic E-state index is 12.2. The molecule has 4 N–H and O–H groups in total. The topological polar surface area (TPSA) is 94.6 Å². The van der Waals surface area contributed by atoms with Crippen LogP contribution in [0.25, 0.3) is 0 Å². The van der Waals surface area contributed by atoms with E-state index in [2.05, 4.69) is 26.3 Å². The van der Waals surface area contributed by atoms with Crippen LogP contribution >= 0.6 is 24.0 Å². The van der Waals surface area contributed by atoms with Crippen molar-refractivity contribution < 1.29 is 9.59 Å². The normalized spacial score (nSPS) is 14.4. The third-order valence-electron chi connectivity index (χ3n) is 5.12. The fourth-order valence-electron chi connectivity index (χ4n) is 3.53. The van der Waals surface area contributed by atoms with Crippen LogP contribution in [0.3, 0.4) is 0 Å². The van der Waals surface area contributed by atoms with E-state index >= 15 is 0 Å². The van der Waals surface area contributed by atoms with Crippen molar-refractivity contribution >= 4 is 41.8 Å². The van der Waals surface area contributed by atoms with E-state index in [9.17, 15) is 9.59 Å². The Morgan fingerprint density at radius 3 is 2.50 bits per heavy atom. The smallest absolute Gasteiger partial charge is 0.251 e. The lowest BCUT2D eigenvalue weighted by Crippen LogP contribution is -2.42. The number of carbonyl (C=O) groups excluding carboxylic acids is 2. The number of aliphatic imine (C=N–C) groups is 1. The molecule has 168 valence electrons. The van der Waals surface area contributed by atoms with Crippen molar-refractivity contribution in [1.29, 1.82) is 0 Å². The van der Waals surface area contributed by atoms with Gasteiger partial charge < -0.3 is 21.3 Å². The third kappa shape index (κ3) is 9.32. The summed E-state index contributed by atoms with van der Waals surface area (Å²) in [6.45, 7) is 4.63. The number of hydrogen-bond donors (Lipinski definition) is 4. The first-order valence-corrected chi connectivity index (χ1v) is 10.7. The van der Waals surface area contributed by atoms with E-state index in [1.165, 1.54) is 19.3 Å². The fourth-order valence-corrected chi connectivity index (χ4v) is 3.53. The predicted molar refractivity (Wildman–Crippen MR) is 133 cm³/mol. The maximum Gasteiger partial charge on any atom is 0.251 e. The number of nitrogens with one attached hydrogen (secondary N) is 4. The van der Waals surface area contributed by atoms with Gasteiger partial charge in [0, 0.05) is 44.7 Å². The Kier molecular flexibility index (Phi) is 13.1. The average molecular weight is 529 g/mol. The molecule has 0 unspecified atom stereocenters. The second-order valence-electron chi connectivity index (χ2n) is 7.34. The SMILES string of the molecule is CCNC(=NCCc1cccc(C(=O)NC)c1)NCCNC(=O)C1CCCCC1.I. The van der Waals surface area contributed by atoms with Gasteiger partial charge in [0.2, 0.25) is 5.91 Å². The van der Waals surface area contributed by atoms with Gasteiger partial charge in [0.25, 0.3) is 5.91 Å². The monoisotopic (exact) mass is 529 g/mol. The number of hydrogen-bond acceptors (Lipinski definition) is 3. The van der Waals surface area contributed by atoms with Crippen LogP contribution in [0.1, 0.15) is 54.9 Å². The van der Waals surface area contributed by atoms with Crippen molar-refractivity contribution in [3.8, 4) is 0 Å². The molecule has 2 amide bonds. The highest BCUT2D eigenvalue weighted by Crippen LogP contribution is 2.23. The molecule has 7 nitrogen and oxygen atoms in total. The molecule has 1 aromatic carbocycles.